The molecule has 1 aromatic rings. The molecule has 0 saturated heterocycles. The van der Waals surface area contributed by atoms with Crippen molar-refractivity contribution in [3.05, 3.63) is 23.9 Å². The van der Waals surface area contributed by atoms with E-state index < -0.39 is 27.9 Å². The predicted octanol–water partition coefficient (Wildman–Crippen LogP) is -0.0272. The van der Waals surface area contributed by atoms with E-state index >= 15 is 0 Å². The van der Waals surface area contributed by atoms with E-state index in [1.165, 1.54) is 19.2 Å². The van der Waals surface area contributed by atoms with Crippen molar-refractivity contribution in [3.63, 3.8) is 0 Å². The molecular weight excluding hydrogens is 298 g/mol. The van der Waals surface area contributed by atoms with Crippen molar-refractivity contribution in [2.45, 2.75) is 30.8 Å². The van der Waals surface area contributed by atoms with E-state index in [1.54, 1.807) is 6.92 Å². The largest absolute Gasteiger partial charge is 0.480 e. The maximum atomic E-state index is 11.9. The van der Waals surface area contributed by atoms with Gasteiger partial charge in [0.2, 0.25) is 0 Å². The summed E-state index contributed by atoms with van der Waals surface area (Å²) in [6.07, 6.45) is 2.00. The minimum Gasteiger partial charge on any atom is -0.480 e. The second-order valence-corrected chi connectivity index (χ2v) is 6.08. The number of nitrogens with one attached hydrogen (secondary N) is 2. The zero-order valence-electron chi connectivity index (χ0n) is 11.7. The zero-order chi connectivity index (χ0) is 16.0. The number of carbonyl (C=O) groups is 2. The molecule has 0 radical (unpaired) electrons. The number of sulfonamides is 1. The van der Waals surface area contributed by atoms with Gasteiger partial charge in [0.05, 0.1) is 5.56 Å². The van der Waals surface area contributed by atoms with E-state index in [0.717, 1.165) is 6.20 Å². The maximum absolute atomic E-state index is 11.9. The summed E-state index contributed by atoms with van der Waals surface area (Å²) in [5.74, 6) is -1.73. The second kappa shape index (κ2) is 7.14. The molecule has 0 fully saturated rings. The van der Waals surface area contributed by atoms with E-state index in [4.69, 9.17) is 5.11 Å². The molecule has 1 atom stereocenters. The number of rotatable bonds is 7. The fourth-order valence-corrected chi connectivity index (χ4v) is 2.21. The minimum atomic E-state index is -3.67. The molecule has 0 aromatic carbocycles. The molecule has 0 spiro atoms. The van der Waals surface area contributed by atoms with Crippen molar-refractivity contribution in [2.75, 3.05) is 7.05 Å². The first-order valence-electron chi connectivity index (χ1n) is 6.25. The molecule has 1 amide bonds. The lowest BCUT2D eigenvalue weighted by Crippen LogP contribution is -2.40. The van der Waals surface area contributed by atoms with E-state index in [-0.39, 0.29) is 10.6 Å². The van der Waals surface area contributed by atoms with Crippen LogP contribution < -0.4 is 10.0 Å². The number of hydrogen-bond donors (Lipinski definition) is 3. The summed E-state index contributed by atoms with van der Waals surface area (Å²) in [7, 11) is -2.42. The van der Waals surface area contributed by atoms with Gasteiger partial charge >= 0.3 is 5.97 Å². The molecule has 1 heterocycles. The highest BCUT2D eigenvalue weighted by Crippen LogP contribution is 2.07. The van der Waals surface area contributed by atoms with Gasteiger partial charge in [0, 0.05) is 6.20 Å². The van der Waals surface area contributed by atoms with Crippen LogP contribution in [0.3, 0.4) is 0 Å². The number of aliphatic carboxylic acids is 1. The first-order valence-corrected chi connectivity index (χ1v) is 7.73. The zero-order valence-corrected chi connectivity index (χ0v) is 12.5. The van der Waals surface area contributed by atoms with E-state index in [1.807, 2.05) is 0 Å². The molecule has 0 bridgehead atoms. The number of amides is 1. The average molecular weight is 315 g/mol. The van der Waals surface area contributed by atoms with Gasteiger partial charge in [0.1, 0.15) is 6.04 Å². The normalized spacial score (nSPS) is 12.7. The molecule has 9 heteroatoms. The first kappa shape index (κ1) is 17.1. The monoisotopic (exact) mass is 315 g/mol. The summed E-state index contributed by atoms with van der Waals surface area (Å²) >= 11 is 0. The summed E-state index contributed by atoms with van der Waals surface area (Å²) < 4.78 is 25.1. The Balaban J connectivity index is 2.87. The molecule has 8 nitrogen and oxygen atoms in total. The lowest BCUT2D eigenvalue weighted by Gasteiger charge is -2.13. The van der Waals surface area contributed by atoms with Gasteiger partial charge in [-0.25, -0.2) is 22.9 Å². The summed E-state index contributed by atoms with van der Waals surface area (Å²) in [6.45, 7) is 1.81. The Morgan fingerprint density at radius 2 is 2.05 bits per heavy atom. The van der Waals surface area contributed by atoms with Crippen LogP contribution in [0.25, 0.3) is 0 Å². The highest BCUT2D eigenvalue weighted by molar-refractivity contribution is 7.89. The Morgan fingerprint density at radius 1 is 1.38 bits per heavy atom. The van der Waals surface area contributed by atoms with Gasteiger partial charge in [0.25, 0.3) is 15.9 Å². The van der Waals surface area contributed by atoms with Crippen LogP contribution in [-0.4, -0.2) is 43.5 Å². The number of hydrogen-bond acceptors (Lipinski definition) is 5. The predicted molar refractivity (Wildman–Crippen MR) is 74.3 cm³/mol. The van der Waals surface area contributed by atoms with E-state index in [9.17, 15) is 18.0 Å². The van der Waals surface area contributed by atoms with Gasteiger partial charge in [-0.15, -0.1) is 0 Å². The van der Waals surface area contributed by atoms with Gasteiger partial charge in [-0.1, -0.05) is 13.3 Å². The van der Waals surface area contributed by atoms with Crippen molar-refractivity contribution in [2.24, 2.45) is 0 Å². The third kappa shape index (κ3) is 4.50. The van der Waals surface area contributed by atoms with Crippen molar-refractivity contribution < 1.29 is 23.1 Å². The number of carbonyl (C=O) groups excluding carboxylic acids is 1. The number of pyridine rings is 1. The van der Waals surface area contributed by atoms with Crippen molar-refractivity contribution >= 4 is 21.9 Å². The van der Waals surface area contributed by atoms with Crippen molar-refractivity contribution in [1.29, 1.82) is 0 Å². The number of carboxylic acid groups (broad SMARTS) is 1. The molecule has 0 aliphatic heterocycles. The topological polar surface area (TPSA) is 125 Å². The van der Waals surface area contributed by atoms with Gasteiger partial charge in [-0.3, -0.25) is 4.79 Å². The fraction of sp³-hybridized carbons (Fsp3) is 0.417. The first-order chi connectivity index (χ1) is 9.81. The molecule has 0 aliphatic carbocycles. The van der Waals surface area contributed by atoms with Crippen LogP contribution in [0, 0.1) is 0 Å². The lowest BCUT2D eigenvalue weighted by atomic mass is 10.1. The second-order valence-electron chi connectivity index (χ2n) is 4.25. The lowest BCUT2D eigenvalue weighted by molar-refractivity contribution is -0.139. The van der Waals surface area contributed by atoms with Gasteiger partial charge in [0.15, 0.2) is 5.03 Å². The van der Waals surface area contributed by atoms with E-state index in [2.05, 4.69) is 15.0 Å². The Labute approximate surface area is 122 Å². The third-order valence-electron chi connectivity index (χ3n) is 2.72. The van der Waals surface area contributed by atoms with Crippen LogP contribution in [0.1, 0.15) is 30.1 Å². The molecular formula is C12H17N3O5S. The van der Waals surface area contributed by atoms with Crippen molar-refractivity contribution in [3.8, 4) is 0 Å². The molecule has 0 aliphatic rings. The quantitative estimate of drug-likeness (QED) is 0.649. The number of carboxylic acids is 1. The molecule has 1 rings (SSSR count). The fourth-order valence-electron chi connectivity index (χ4n) is 1.57. The smallest absolute Gasteiger partial charge is 0.326 e. The van der Waals surface area contributed by atoms with Crippen LogP contribution in [0.5, 0.6) is 0 Å². The molecule has 0 saturated carbocycles. The van der Waals surface area contributed by atoms with E-state index in [0.29, 0.717) is 12.8 Å². The average Bonchev–Trinajstić information content (AvgIpc) is 2.46. The molecule has 3 N–H and O–H groups in total. The van der Waals surface area contributed by atoms with Crippen LogP contribution in [-0.2, 0) is 14.8 Å². The number of nitrogens with zero attached hydrogens (tertiary/aromatic N) is 1. The van der Waals surface area contributed by atoms with Gasteiger partial charge in [-0.05, 0) is 25.6 Å². The molecule has 1 unspecified atom stereocenters. The highest BCUT2D eigenvalue weighted by atomic mass is 32.2. The van der Waals surface area contributed by atoms with Crippen LogP contribution in [0.15, 0.2) is 23.4 Å². The van der Waals surface area contributed by atoms with Crippen LogP contribution in [0.4, 0.5) is 0 Å². The maximum Gasteiger partial charge on any atom is 0.326 e. The molecule has 21 heavy (non-hydrogen) atoms. The van der Waals surface area contributed by atoms with Crippen molar-refractivity contribution in [1.82, 2.24) is 15.0 Å². The van der Waals surface area contributed by atoms with Gasteiger partial charge < -0.3 is 10.4 Å². The standard InChI is InChI=1S/C12H17N3O5S/c1-3-4-9(12(17)18)15-11(16)8-5-6-10(14-7-8)21(19,20)13-2/h5-7,9,13H,3-4H2,1-2H3,(H,15,16)(H,17,18). The Morgan fingerprint density at radius 3 is 2.48 bits per heavy atom. The Hall–Kier alpha value is -2.00. The van der Waals surface area contributed by atoms with Crippen LogP contribution in [0.2, 0.25) is 0 Å². The molecule has 116 valence electrons. The number of aromatic nitrogens is 1. The van der Waals surface area contributed by atoms with Crippen LogP contribution >= 0.6 is 0 Å². The Bertz CT molecular complexity index is 612. The summed E-state index contributed by atoms with van der Waals surface area (Å²) in [5.41, 5.74) is 0.0902. The molecule has 1 aromatic heterocycles. The Kier molecular flexibility index (Phi) is 5.79. The summed E-state index contributed by atoms with van der Waals surface area (Å²) in [6, 6.07) is 1.47. The summed E-state index contributed by atoms with van der Waals surface area (Å²) in [4.78, 5) is 26.5. The third-order valence-corrected chi connectivity index (χ3v) is 4.05. The van der Waals surface area contributed by atoms with Gasteiger partial charge in [-0.2, -0.15) is 0 Å². The highest BCUT2D eigenvalue weighted by Gasteiger charge is 2.20. The summed E-state index contributed by atoms with van der Waals surface area (Å²) in [5, 5.41) is 11.1. The SMILES string of the molecule is CCCC(NC(=O)c1ccc(S(=O)(=O)NC)nc1)C(=O)O. The minimum absolute atomic E-state index is 0.0902.